The summed E-state index contributed by atoms with van der Waals surface area (Å²) in [6.45, 7) is 0. The molecule has 1 fully saturated rings. The number of benzene rings is 1. The number of hydrogen-bond donors (Lipinski definition) is 0. The highest BCUT2D eigenvalue weighted by Gasteiger charge is 2.20. The lowest BCUT2D eigenvalue weighted by molar-refractivity contribution is 0.351. The molecule has 1 aliphatic rings. The third-order valence-electron chi connectivity index (χ3n) is 4.44. The van der Waals surface area contributed by atoms with E-state index in [0.29, 0.717) is 6.04 Å². The largest absolute Gasteiger partial charge is 0.313 e. The minimum atomic E-state index is 0.592. The van der Waals surface area contributed by atoms with Crippen LogP contribution in [0, 0.1) is 0 Å². The molecule has 0 aliphatic heterocycles. The highest BCUT2D eigenvalue weighted by molar-refractivity contribution is 7.14. The highest BCUT2D eigenvalue weighted by Crippen LogP contribution is 2.34. The van der Waals surface area contributed by atoms with Crippen LogP contribution >= 0.6 is 22.7 Å². The van der Waals surface area contributed by atoms with Crippen LogP contribution in [0.2, 0.25) is 0 Å². The lowest BCUT2D eigenvalue weighted by atomic mass is 9.95. The summed E-state index contributed by atoms with van der Waals surface area (Å²) in [5.74, 6) is 0. The predicted octanol–water partition coefficient (Wildman–Crippen LogP) is 6.02. The first-order valence-electron chi connectivity index (χ1n) is 8.25. The van der Waals surface area contributed by atoms with E-state index in [1.165, 1.54) is 42.7 Å². The number of thiophene rings is 1. The molecule has 0 radical (unpaired) electrons. The van der Waals surface area contributed by atoms with Gasteiger partial charge in [-0.15, -0.1) is 22.7 Å². The van der Waals surface area contributed by atoms with Gasteiger partial charge in [-0.1, -0.05) is 43.5 Å². The maximum atomic E-state index is 4.93. The quantitative estimate of drug-likeness (QED) is 0.555. The average molecular weight is 341 g/mol. The van der Waals surface area contributed by atoms with Crippen LogP contribution in [0.25, 0.3) is 10.6 Å². The maximum absolute atomic E-state index is 4.93. The SMILES string of the molecule is c1ccc(N=c2scc(-c3cccs3)n2C2CCCCC2)cc1. The lowest BCUT2D eigenvalue weighted by Gasteiger charge is -2.25. The van der Waals surface area contributed by atoms with Gasteiger partial charge in [0.1, 0.15) is 0 Å². The molecule has 1 saturated carbocycles. The molecule has 4 rings (SSSR count). The van der Waals surface area contributed by atoms with Crippen molar-refractivity contribution in [3.8, 4) is 10.6 Å². The fourth-order valence-corrected chi connectivity index (χ4v) is 5.10. The summed E-state index contributed by atoms with van der Waals surface area (Å²) < 4.78 is 2.50. The van der Waals surface area contributed by atoms with Crippen molar-refractivity contribution in [2.45, 2.75) is 38.1 Å². The topological polar surface area (TPSA) is 17.3 Å². The molecule has 1 aromatic carbocycles. The number of para-hydroxylation sites is 1. The molecule has 0 N–H and O–H groups in total. The van der Waals surface area contributed by atoms with E-state index >= 15 is 0 Å². The van der Waals surface area contributed by atoms with Crippen molar-refractivity contribution in [2.75, 3.05) is 0 Å². The van der Waals surface area contributed by atoms with E-state index in [4.69, 9.17) is 4.99 Å². The standard InChI is InChI=1S/C19H20N2S2/c1-3-8-15(9-4-1)20-19-21(16-10-5-2-6-11-16)17(14-23-19)18-12-7-13-22-18/h1,3-4,7-9,12-14,16H,2,5-6,10-11H2. The van der Waals surface area contributed by atoms with Crippen molar-refractivity contribution < 1.29 is 0 Å². The summed E-state index contributed by atoms with van der Waals surface area (Å²) in [6, 6.07) is 15.3. The summed E-state index contributed by atoms with van der Waals surface area (Å²) in [5, 5.41) is 4.44. The number of aromatic nitrogens is 1. The second kappa shape index (κ2) is 6.85. The fourth-order valence-electron chi connectivity index (χ4n) is 3.31. The lowest BCUT2D eigenvalue weighted by Crippen LogP contribution is -2.23. The Bertz CT molecular complexity index is 807. The Balaban J connectivity index is 1.84. The molecule has 0 atom stereocenters. The molecule has 2 aromatic heterocycles. The molecule has 0 saturated heterocycles. The molecule has 0 amide bonds. The molecule has 1 aliphatic carbocycles. The predicted molar refractivity (Wildman–Crippen MR) is 99.4 cm³/mol. The van der Waals surface area contributed by atoms with Gasteiger partial charge in [0.25, 0.3) is 0 Å². The van der Waals surface area contributed by atoms with E-state index in [-0.39, 0.29) is 0 Å². The van der Waals surface area contributed by atoms with Gasteiger partial charge < -0.3 is 4.57 Å². The van der Waals surface area contributed by atoms with Gasteiger partial charge >= 0.3 is 0 Å². The Morgan fingerprint density at radius 1 is 0.913 bits per heavy atom. The molecule has 2 heterocycles. The van der Waals surface area contributed by atoms with Crippen molar-refractivity contribution >= 4 is 28.4 Å². The van der Waals surface area contributed by atoms with Crippen molar-refractivity contribution in [1.29, 1.82) is 0 Å². The molecule has 0 bridgehead atoms. The van der Waals surface area contributed by atoms with Gasteiger partial charge in [0.15, 0.2) is 4.80 Å². The van der Waals surface area contributed by atoms with Gasteiger partial charge in [0.05, 0.1) is 16.3 Å². The summed E-state index contributed by atoms with van der Waals surface area (Å²) >= 11 is 3.58. The van der Waals surface area contributed by atoms with Crippen molar-refractivity contribution in [2.24, 2.45) is 4.99 Å². The number of hydrogen-bond acceptors (Lipinski definition) is 3. The van der Waals surface area contributed by atoms with Gasteiger partial charge in [-0.05, 0) is 36.4 Å². The summed E-state index contributed by atoms with van der Waals surface area (Å²) in [5.41, 5.74) is 2.38. The van der Waals surface area contributed by atoms with Crippen LogP contribution in [-0.2, 0) is 0 Å². The van der Waals surface area contributed by atoms with E-state index in [0.717, 1.165) is 10.5 Å². The Morgan fingerprint density at radius 3 is 2.48 bits per heavy atom. The van der Waals surface area contributed by atoms with Crippen LogP contribution in [0.15, 0.2) is 58.2 Å². The smallest absolute Gasteiger partial charge is 0.190 e. The van der Waals surface area contributed by atoms with Crippen LogP contribution in [0.3, 0.4) is 0 Å². The molecule has 118 valence electrons. The van der Waals surface area contributed by atoms with Gasteiger partial charge in [-0.2, -0.15) is 0 Å². The number of rotatable bonds is 3. The van der Waals surface area contributed by atoms with Crippen LogP contribution in [-0.4, -0.2) is 4.57 Å². The van der Waals surface area contributed by atoms with E-state index in [1.54, 1.807) is 11.3 Å². The van der Waals surface area contributed by atoms with Gasteiger partial charge in [-0.25, -0.2) is 4.99 Å². The zero-order valence-electron chi connectivity index (χ0n) is 13.0. The molecular weight excluding hydrogens is 320 g/mol. The van der Waals surface area contributed by atoms with Crippen LogP contribution in [0.4, 0.5) is 5.69 Å². The van der Waals surface area contributed by atoms with Gasteiger partial charge in [-0.3, -0.25) is 0 Å². The minimum absolute atomic E-state index is 0.592. The van der Waals surface area contributed by atoms with Crippen LogP contribution in [0.1, 0.15) is 38.1 Å². The van der Waals surface area contributed by atoms with Crippen molar-refractivity contribution in [3.63, 3.8) is 0 Å². The van der Waals surface area contributed by atoms with Crippen LogP contribution in [0.5, 0.6) is 0 Å². The molecule has 3 aromatic rings. The molecule has 0 unspecified atom stereocenters. The summed E-state index contributed by atoms with van der Waals surface area (Å²) in [7, 11) is 0. The van der Waals surface area contributed by atoms with E-state index in [2.05, 4.69) is 51.7 Å². The van der Waals surface area contributed by atoms with Crippen molar-refractivity contribution in [3.05, 3.63) is 58.0 Å². The van der Waals surface area contributed by atoms with Gasteiger partial charge in [0.2, 0.25) is 0 Å². The van der Waals surface area contributed by atoms with E-state index in [9.17, 15) is 0 Å². The average Bonchev–Trinajstić information content (AvgIpc) is 3.26. The molecule has 23 heavy (non-hydrogen) atoms. The second-order valence-electron chi connectivity index (χ2n) is 5.99. The van der Waals surface area contributed by atoms with Crippen molar-refractivity contribution in [1.82, 2.24) is 4.57 Å². The number of thiazole rings is 1. The zero-order valence-corrected chi connectivity index (χ0v) is 14.7. The van der Waals surface area contributed by atoms with Gasteiger partial charge in [0, 0.05) is 11.4 Å². The zero-order chi connectivity index (χ0) is 15.5. The third kappa shape index (κ3) is 3.19. The van der Waals surface area contributed by atoms with Crippen LogP contribution < -0.4 is 4.80 Å². The summed E-state index contributed by atoms with van der Waals surface area (Å²) in [6.07, 6.45) is 6.60. The second-order valence-corrected chi connectivity index (χ2v) is 7.77. The third-order valence-corrected chi connectivity index (χ3v) is 6.17. The Kier molecular flexibility index (Phi) is 4.44. The molecule has 2 nitrogen and oxygen atoms in total. The Morgan fingerprint density at radius 2 is 1.74 bits per heavy atom. The molecule has 0 spiro atoms. The Labute approximate surface area is 144 Å². The maximum Gasteiger partial charge on any atom is 0.190 e. The molecular formula is C19H20N2S2. The fraction of sp³-hybridized carbons (Fsp3) is 0.316. The normalized spacial score (nSPS) is 16.8. The summed E-state index contributed by atoms with van der Waals surface area (Å²) in [4.78, 5) is 7.41. The van der Waals surface area contributed by atoms with E-state index in [1.807, 2.05) is 17.4 Å². The first kappa shape index (κ1) is 14.9. The molecule has 4 heteroatoms. The first-order chi connectivity index (χ1) is 11.4. The minimum Gasteiger partial charge on any atom is -0.313 e. The monoisotopic (exact) mass is 340 g/mol. The first-order valence-corrected chi connectivity index (χ1v) is 10.0. The van der Waals surface area contributed by atoms with E-state index < -0.39 is 0 Å². The Hall–Kier alpha value is -1.65. The highest BCUT2D eigenvalue weighted by atomic mass is 32.1. The number of nitrogens with zero attached hydrogens (tertiary/aromatic N) is 2.